The zero-order valence-electron chi connectivity index (χ0n) is 22.7. The van der Waals surface area contributed by atoms with E-state index in [1.807, 2.05) is 0 Å². The third-order valence-corrected chi connectivity index (χ3v) is 6.52. The molecule has 0 fully saturated rings. The summed E-state index contributed by atoms with van der Waals surface area (Å²) in [7, 11) is 3.19. The molecule has 5 N–H and O–H groups in total. The van der Waals surface area contributed by atoms with Gasteiger partial charge in [-0.25, -0.2) is 9.59 Å². The maximum atomic E-state index is 13.4. The number of ether oxygens (including phenoxy) is 1. The van der Waals surface area contributed by atoms with Crippen molar-refractivity contribution in [2.45, 2.75) is 50.9 Å². The summed E-state index contributed by atoms with van der Waals surface area (Å²) in [5.41, 5.74) is 3.87. The minimum Gasteiger partial charge on any atom is -0.462 e. The molecule has 39 heavy (non-hydrogen) atoms. The van der Waals surface area contributed by atoms with Gasteiger partial charge in [0.25, 0.3) is 0 Å². The molecule has 0 aliphatic heterocycles. The van der Waals surface area contributed by atoms with Gasteiger partial charge in [0.2, 0.25) is 0 Å². The summed E-state index contributed by atoms with van der Waals surface area (Å²) in [6, 6.07) is 8.41. The number of nitrogens with two attached hydrogens (primary N) is 1. The lowest BCUT2D eigenvalue weighted by Crippen LogP contribution is -2.50. The molecule has 1 unspecified atom stereocenters. The van der Waals surface area contributed by atoms with Crippen LogP contribution in [0.4, 0.5) is 28.4 Å². The molecule has 0 heterocycles. The first kappa shape index (κ1) is 31.6. The molecule has 2 rings (SSSR count). The van der Waals surface area contributed by atoms with E-state index in [1.165, 1.54) is 24.0 Å². The molecule has 0 bridgehead atoms. The summed E-state index contributed by atoms with van der Waals surface area (Å²) < 4.78 is 48.2. The topological polar surface area (TPSA) is 126 Å². The van der Waals surface area contributed by atoms with E-state index in [1.54, 1.807) is 53.1 Å². The Hall–Kier alpha value is -3.61. The second kappa shape index (κ2) is 12.5. The van der Waals surface area contributed by atoms with Gasteiger partial charge >= 0.3 is 24.2 Å². The number of alkyl halides is 3. The van der Waals surface area contributed by atoms with Crippen LogP contribution >= 0.6 is 11.9 Å². The predicted octanol–water partition coefficient (Wildman–Crippen LogP) is 4.87. The van der Waals surface area contributed by atoms with Crippen LogP contribution in [0.3, 0.4) is 0 Å². The number of hydrogen-bond donors (Lipinski definition) is 4. The van der Waals surface area contributed by atoms with Crippen LogP contribution in [-0.2, 0) is 27.8 Å². The molecular formula is C26H34F3N5O4S. The first-order chi connectivity index (χ1) is 17.9. The summed E-state index contributed by atoms with van der Waals surface area (Å²) in [4.78, 5) is 39.2. The van der Waals surface area contributed by atoms with Crippen LogP contribution < -0.4 is 21.1 Å². The van der Waals surface area contributed by atoms with Crippen molar-refractivity contribution in [1.29, 1.82) is 0 Å². The number of nitrogens with zero attached hydrogens (tertiary/aromatic N) is 1. The van der Waals surface area contributed by atoms with Gasteiger partial charge in [-0.2, -0.15) is 13.2 Å². The highest BCUT2D eigenvalue weighted by Gasteiger charge is 2.36. The second-order valence-corrected chi connectivity index (χ2v) is 11.1. The summed E-state index contributed by atoms with van der Waals surface area (Å²) in [6.45, 7) is 6.08. The molecule has 9 nitrogen and oxygen atoms in total. The van der Waals surface area contributed by atoms with Gasteiger partial charge in [0.1, 0.15) is 6.61 Å². The molecular weight excluding hydrogens is 535 g/mol. The molecule has 0 aliphatic carbocycles. The summed E-state index contributed by atoms with van der Waals surface area (Å²) in [5.74, 6) is -0.584. The van der Waals surface area contributed by atoms with E-state index in [0.29, 0.717) is 16.1 Å². The zero-order chi connectivity index (χ0) is 29.6. The van der Waals surface area contributed by atoms with Crippen LogP contribution in [0, 0.1) is 5.41 Å². The molecule has 0 radical (unpaired) electrons. The molecule has 2 aromatic carbocycles. The minimum absolute atomic E-state index is 0.0884. The molecule has 0 aromatic heterocycles. The Morgan fingerprint density at radius 1 is 1.00 bits per heavy atom. The van der Waals surface area contributed by atoms with Crippen molar-refractivity contribution in [2.24, 2.45) is 5.41 Å². The van der Waals surface area contributed by atoms with Crippen molar-refractivity contribution >= 4 is 35.7 Å². The molecule has 0 aliphatic rings. The summed E-state index contributed by atoms with van der Waals surface area (Å²) >= 11 is 0.874. The van der Waals surface area contributed by atoms with Crippen molar-refractivity contribution in [2.75, 3.05) is 26.4 Å². The van der Waals surface area contributed by atoms with Crippen LogP contribution in [0.2, 0.25) is 0 Å². The SMILES string of the molecule is CN(C)C(=O)NCc1cccc(N)c1SNC(=O)NC(C)(COC(=O)C(C)(C)C)c1cccc(C(F)(F)F)c1. The summed E-state index contributed by atoms with van der Waals surface area (Å²) in [6.07, 6.45) is -4.61. The fourth-order valence-corrected chi connectivity index (χ4v) is 3.93. The molecule has 0 saturated carbocycles. The number of halogens is 3. The maximum absolute atomic E-state index is 13.4. The van der Waals surface area contributed by atoms with Crippen LogP contribution in [0.1, 0.15) is 44.4 Å². The lowest BCUT2D eigenvalue weighted by atomic mass is 9.91. The summed E-state index contributed by atoms with van der Waals surface area (Å²) in [5, 5.41) is 5.36. The first-order valence-electron chi connectivity index (χ1n) is 11.9. The molecule has 1 atom stereocenters. The smallest absolute Gasteiger partial charge is 0.416 e. The Balaban J connectivity index is 2.27. The zero-order valence-corrected chi connectivity index (χ0v) is 23.5. The van der Waals surface area contributed by atoms with Gasteiger partial charge in [0.15, 0.2) is 0 Å². The normalized spacial score (nSPS) is 13.2. The number of carbonyl (C=O) groups excluding carboxylic acids is 3. The highest BCUT2D eigenvalue weighted by atomic mass is 32.2. The number of esters is 1. The fourth-order valence-electron chi connectivity index (χ4n) is 3.23. The van der Waals surface area contributed by atoms with Crippen molar-refractivity contribution in [1.82, 2.24) is 20.3 Å². The largest absolute Gasteiger partial charge is 0.462 e. The van der Waals surface area contributed by atoms with Crippen molar-refractivity contribution in [3.8, 4) is 0 Å². The van der Waals surface area contributed by atoms with Crippen LogP contribution in [0.15, 0.2) is 47.4 Å². The standard InChI is InChI=1S/C26H34F3N5O4S/c1-24(2,3)21(35)38-15-25(4,17-10-8-11-18(13-17)26(27,28)29)32-22(36)33-39-20-16(9-7-12-19(20)30)14-31-23(37)34(5)6/h7-13H,14-15,30H2,1-6H3,(H,31,37)(H2,32,33,36). The van der Waals surface area contributed by atoms with Crippen molar-refractivity contribution < 1.29 is 32.3 Å². The van der Waals surface area contributed by atoms with Gasteiger partial charge < -0.3 is 26.0 Å². The molecule has 214 valence electrons. The van der Waals surface area contributed by atoms with E-state index in [0.717, 1.165) is 24.1 Å². The molecule has 4 amide bonds. The van der Waals surface area contributed by atoms with Gasteiger partial charge in [-0.15, -0.1) is 0 Å². The van der Waals surface area contributed by atoms with E-state index in [2.05, 4.69) is 15.4 Å². The number of amides is 4. The van der Waals surface area contributed by atoms with Crippen molar-refractivity contribution in [3.63, 3.8) is 0 Å². The van der Waals surface area contributed by atoms with Gasteiger partial charge in [0.05, 0.1) is 21.4 Å². The molecule has 2 aromatic rings. The monoisotopic (exact) mass is 569 g/mol. The van der Waals surface area contributed by atoms with Gasteiger partial charge in [-0.1, -0.05) is 24.3 Å². The van der Waals surface area contributed by atoms with E-state index in [9.17, 15) is 27.6 Å². The predicted molar refractivity (Wildman–Crippen MR) is 144 cm³/mol. The highest BCUT2D eigenvalue weighted by Crippen LogP contribution is 2.33. The number of rotatable bonds is 8. The number of nitrogen functional groups attached to an aromatic ring is 1. The Kier molecular flexibility index (Phi) is 10.1. The average Bonchev–Trinajstić information content (AvgIpc) is 2.84. The van der Waals surface area contributed by atoms with Crippen LogP contribution in [0.25, 0.3) is 0 Å². The minimum atomic E-state index is -4.61. The van der Waals surface area contributed by atoms with Crippen LogP contribution in [-0.4, -0.2) is 43.6 Å². The van der Waals surface area contributed by atoms with Crippen molar-refractivity contribution in [3.05, 3.63) is 59.2 Å². The number of carbonyl (C=O) groups is 3. The average molecular weight is 570 g/mol. The van der Waals surface area contributed by atoms with E-state index >= 15 is 0 Å². The molecule has 0 spiro atoms. The maximum Gasteiger partial charge on any atom is 0.416 e. The quantitative estimate of drug-likeness (QED) is 0.204. The van der Waals surface area contributed by atoms with Gasteiger partial charge in [-0.3, -0.25) is 9.52 Å². The van der Waals surface area contributed by atoms with Crippen LogP contribution in [0.5, 0.6) is 0 Å². The Labute approximate surface area is 230 Å². The highest BCUT2D eigenvalue weighted by molar-refractivity contribution is 7.98. The Morgan fingerprint density at radius 2 is 1.62 bits per heavy atom. The fraction of sp³-hybridized carbons (Fsp3) is 0.423. The molecule has 13 heteroatoms. The van der Waals surface area contributed by atoms with E-state index in [4.69, 9.17) is 10.5 Å². The first-order valence-corrected chi connectivity index (χ1v) is 12.7. The van der Waals surface area contributed by atoms with Gasteiger partial charge in [0, 0.05) is 26.3 Å². The number of hydrogen-bond acceptors (Lipinski definition) is 6. The number of nitrogens with one attached hydrogen (secondary N) is 3. The van der Waals surface area contributed by atoms with Gasteiger partial charge in [-0.05, 0) is 69.0 Å². The van der Waals surface area contributed by atoms with E-state index in [-0.39, 0.29) is 18.1 Å². The number of benzene rings is 2. The second-order valence-electron chi connectivity index (χ2n) is 10.3. The Morgan fingerprint density at radius 3 is 2.21 bits per heavy atom. The number of anilines is 1. The lowest BCUT2D eigenvalue weighted by molar-refractivity contribution is -0.155. The van der Waals surface area contributed by atoms with E-state index < -0.39 is 41.3 Å². The Bertz CT molecular complexity index is 1200. The third kappa shape index (κ3) is 8.98. The number of urea groups is 2. The molecule has 0 saturated heterocycles. The lowest BCUT2D eigenvalue weighted by Gasteiger charge is -2.32. The third-order valence-electron chi connectivity index (χ3n) is 5.53.